The first-order valence-electron chi connectivity index (χ1n) is 7.80. The third-order valence-electron chi connectivity index (χ3n) is 4.04. The quantitative estimate of drug-likeness (QED) is 0.522. The minimum Gasteiger partial charge on any atom is -0.496 e. The van der Waals surface area contributed by atoms with Crippen molar-refractivity contribution in [3.05, 3.63) is 41.5 Å². The van der Waals surface area contributed by atoms with Gasteiger partial charge in [-0.25, -0.2) is 0 Å². The first-order chi connectivity index (χ1) is 10.3. The van der Waals surface area contributed by atoms with E-state index in [0.29, 0.717) is 6.42 Å². The topological polar surface area (TPSA) is 27.7 Å². The van der Waals surface area contributed by atoms with Crippen LogP contribution in [0.2, 0.25) is 0 Å². The van der Waals surface area contributed by atoms with Crippen molar-refractivity contribution in [2.75, 3.05) is 20.8 Å². The molecule has 0 amide bonds. The Balaban J connectivity index is 2.14. The number of hydrogen-bond donors (Lipinski definition) is 0. The molecule has 3 nitrogen and oxygen atoms in total. The van der Waals surface area contributed by atoms with Crippen LogP contribution in [0.25, 0.3) is 5.76 Å². The predicted molar refractivity (Wildman–Crippen MR) is 84.8 cm³/mol. The van der Waals surface area contributed by atoms with Crippen LogP contribution >= 0.6 is 0 Å². The number of ether oxygens (including phenoxy) is 3. The molecule has 1 aliphatic rings. The number of hydrogen-bond acceptors (Lipinski definition) is 3. The first-order valence-corrected chi connectivity index (χ1v) is 7.80. The smallest absolute Gasteiger partial charge is 0.198 e. The Morgan fingerprint density at radius 2 is 1.90 bits per heavy atom. The van der Waals surface area contributed by atoms with Gasteiger partial charge in [-0.3, -0.25) is 0 Å². The monoisotopic (exact) mass is 290 g/mol. The van der Waals surface area contributed by atoms with Gasteiger partial charge < -0.3 is 14.2 Å². The Hall–Kier alpha value is -1.32. The summed E-state index contributed by atoms with van der Waals surface area (Å²) < 4.78 is 17.4. The zero-order valence-corrected chi connectivity index (χ0v) is 13.4. The fraction of sp³-hybridized carbons (Fsp3) is 0.556. The molecular weight excluding hydrogens is 264 g/mol. The fourth-order valence-corrected chi connectivity index (χ4v) is 2.83. The van der Waals surface area contributed by atoms with Crippen LogP contribution in [-0.4, -0.2) is 20.8 Å². The first kappa shape index (κ1) is 16.1. The van der Waals surface area contributed by atoms with E-state index in [1.165, 1.54) is 19.3 Å². The summed E-state index contributed by atoms with van der Waals surface area (Å²) in [4.78, 5) is 0. The third-order valence-corrected chi connectivity index (χ3v) is 4.04. The Bertz CT molecular complexity index is 481. The van der Waals surface area contributed by atoms with Crippen molar-refractivity contribution >= 4 is 5.76 Å². The SMILES string of the molecule is CCCCCCOC1(OC)CC=C(OC)c2ccccc21. The summed E-state index contributed by atoms with van der Waals surface area (Å²) in [6.45, 7) is 2.93. The Morgan fingerprint density at radius 1 is 1.10 bits per heavy atom. The molecule has 1 unspecified atom stereocenters. The van der Waals surface area contributed by atoms with Crippen LogP contribution in [0.5, 0.6) is 0 Å². The van der Waals surface area contributed by atoms with E-state index in [2.05, 4.69) is 25.1 Å². The zero-order valence-electron chi connectivity index (χ0n) is 13.4. The van der Waals surface area contributed by atoms with E-state index in [1.54, 1.807) is 14.2 Å². The van der Waals surface area contributed by atoms with Crippen LogP contribution < -0.4 is 0 Å². The summed E-state index contributed by atoms with van der Waals surface area (Å²) in [5.74, 6) is 0.220. The standard InChI is InChI=1S/C18H26O3/c1-4-5-6-9-14-21-18(20-3)13-12-17(19-2)15-10-7-8-11-16(15)18/h7-8,10-12H,4-6,9,13-14H2,1-3H3. The van der Waals surface area contributed by atoms with Crippen molar-refractivity contribution in [3.8, 4) is 0 Å². The average molecular weight is 290 g/mol. The predicted octanol–water partition coefficient (Wildman–Crippen LogP) is 4.47. The van der Waals surface area contributed by atoms with E-state index in [9.17, 15) is 0 Å². The molecule has 0 saturated heterocycles. The van der Waals surface area contributed by atoms with Gasteiger partial charge in [0, 0.05) is 24.7 Å². The second kappa shape index (κ2) is 7.62. The average Bonchev–Trinajstić information content (AvgIpc) is 2.54. The van der Waals surface area contributed by atoms with Crippen molar-refractivity contribution in [2.24, 2.45) is 0 Å². The van der Waals surface area contributed by atoms with Gasteiger partial charge in [0.25, 0.3) is 0 Å². The normalized spacial score (nSPS) is 20.8. The number of benzene rings is 1. The molecule has 0 aliphatic heterocycles. The largest absolute Gasteiger partial charge is 0.496 e. The van der Waals surface area contributed by atoms with Gasteiger partial charge in [-0.2, -0.15) is 0 Å². The van der Waals surface area contributed by atoms with Crippen LogP contribution in [0.15, 0.2) is 30.3 Å². The van der Waals surface area contributed by atoms with Crippen LogP contribution in [0, 0.1) is 0 Å². The number of unbranched alkanes of at least 4 members (excludes halogenated alkanes) is 3. The molecule has 1 atom stereocenters. The number of rotatable bonds is 8. The molecule has 3 heteroatoms. The Kier molecular flexibility index (Phi) is 5.83. The van der Waals surface area contributed by atoms with Gasteiger partial charge in [0.1, 0.15) is 5.76 Å². The molecule has 0 spiro atoms. The Labute approximate surface area is 127 Å². The van der Waals surface area contributed by atoms with Crippen LogP contribution in [0.3, 0.4) is 0 Å². The fourth-order valence-electron chi connectivity index (χ4n) is 2.83. The summed E-state index contributed by atoms with van der Waals surface area (Å²) in [6.07, 6.45) is 7.50. The van der Waals surface area contributed by atoms with Crippen molar-refractivity contribution < 1.29 is 14.2 Å². The third kappa shape index (κ3) is 3.47. The molecule has 0 aromatic heterocycles. The van der Waals surface area contributed by atoms with Gasteiger partial charge >= 0.3 is 0 Å². The lowest BCUT2D eigenvalue weighted by molar-refractivity contribution is -0.231. The minimum absolute atomic E-state index is 0.676. The molecule has 0 bridgehead atoms. The van der Waals surface area contributed by atoms with Crippen LogP contribution in [0.4, 0.5) is 0 Å². The highest BCUT2D eigenvalue weighted by molar-refractivity contribution is 5.66. The van der Waals surface area contributed by atoms with Gasteiger partial charge in [0.15, 0.2) is 5.79 Å². The second-order valence-corrected chi connectivity index (χ2v) is 5.39. The lowest BCUT2D eigenvalue weighted by Gasteiger charge is -2.36. The molecule has 0 saturated carbocycles. The summed E-state index contributed by atoms with van der Waals surface area (Å²) in [5, 5.41) is 0. The second-order valence-electron chi connectivity index (χ2n) is 5.39. The molecular formula is C18H26O3. The maximum Gasteiger partial charge on any atom is 0.198 e. The number of fused-ring (bicyclic) bond motifs is 1. The van der Waals surface area contributed by atoms with Crippen molar-refractivity contribution in [3.63, 3.8) is 0 Å². The maximum atomic E-state index is 6.16. The van der Waals surface area contributed by atoms with Crippen molar-refractivity contribution in [2.45, 2.75) is 44.8 Å². The molecule has 0 fully saturated rings. The van der Waals surface area contributed by atoms with Crippen molar-refractivity contribution in [1.29, 1.82) is 0 Å². The van der Waals surface area contributed by atoms with Crippen LogP contribution in [-0.2, 0) is 20.0 Å². The van der Waals surface area contributed by atoms with Gasteiger partial charge in [0.2, 0.25) is 0 Å². The summed E-state index contributed by atoms with van der Waals surface area (Å²) in [6, 6.07) is 8.15. The minimum atomic E-state index is -0.676. The van der Waals surface area contributed by atoms with E-state index in [0.717, 1.165) is 29.9 Å². The zero-order chi connectivity index (χ0) is 15.1. The molecule has 1 aromatic rings. The summed E-state index contributed by atoms with van der Waals surface area (Å²) in [7, 11) is 3.42. The van der Waals surface area contributed by atoms with Crippen molar-refractivity contribution in [1.82, 2.24) is 0 Å². The van der Waals surface area contributed by atoms with E-state index < -0.39 is 5.79 Å². The Morgan fingerprint density at radius 3 is 2.62 bits per heavy atom. The highest BCUT2D eigenvalue weighted by Crippen LogP contribution is 2.41. The number of methoxy groups -OCH3 is 2. The maximum absolute atomic E-state index is 6.16. The molecule has 21 heavy (non-hydrogen) atoms. The van der Waals surface area contributed by atoms with Gasteiger partial charge in [-0.05, 0) is 12.5 Å². The van der Waals surface area contributed by atoms with E-state index in [-0.39, 0.29) is 0 Å². The summed E-state index contributed by atoms with van der Waals surface area (Å²) in [5.41, 5.74) is 2.11. The molecule has 1 aromatic carbocycles. The van der Waals surface area contributed by atoms with Gasteiger partial charge in [0.05, 0.1) is 13.7 Å². The lowest BCUT2D eigenvalue weighted by atomic mass is 9.90. The molecule has 1 aliphatic carbocycles. The highest BCUT2D eigenvalue weighted by Gasteiger charge is 2.38. The molecule has 116 valence electrons. The van der Waals surface area contributed by atoms with Crippen LogP contribution in [0.1, 0.15) is 50.2 Å². The molecule has 0 radical (unpaired) electrons. The van der Waals surface area contributed by atoms with E-state index in [4.69, 9.17) is 14.2 Å². The van der Waals surface area contributed by atoms with Gasteiger partial charge in [-0.1, -0.05) is 50.5 Å². The lowest BCUT2D eigenvalue weighted by Crippen LogP contribution is -2.35. The molecule has 0 heterocycles. The van der Waals surface area contributed by atoms with E-state index in [1.807, 2.05) is 12.1 Å². The van der Waals surface area contributed by atoms with Gasteiger partial charge in [-0.15, -0.1) is 0 Å². The molecule has 0 N–H and O–H groups in total. The summed E-state index contributed by atoms with van der Waals surface area (Å²) >= 11 is 0. The molecule has 2 rings (SSSR count). The van der Waals surface area contributed by atoms with E-state index >= 15 is 0 Å². The highest BCUT2D eigenvalue weighted by atomic mass is 16.7.